The molecule has 1 rings (SSSR count). The molecule has 0 heterocycles. The first kappa shape index (κ1) is 12.4. The first-order valence-corrected chi connectivity index (χ1v) is 4.82. The van der Waals surface area contributed by atoms with Gasteiger partial charge in [-0.2, -0.15) is 0 Å². The number of carboxylic acids is 1. The van der Waals surface area contributed by atoms with Gasteiger partial charge in [0.25, 0.3) is 0 Å². The van der Waals surface area contributed by atoms with Crippen LogP contribution in [0.4, 0.5) is 0 Å². The van der Waals surface area contributed by atoms with E-state index in [0.29, 0.717) is 6.42 Å². The van der Waals surface area contributed by atoms with E-state index < -0.39 is 12.1 Å². The summed E-state index contributed by atoms with van der Waals surface area (Å²) in [5, 5.41) is 8.51. The number of methoxy groups -OCH3 is 2. The molecule has 2 atom stereocenters. The monoisotopic (exact) mass is 226 g/mol. The van der Waals surface area contributed by atoms with E-state index in [9.17, 15) is 9.59 Å². The molecule has 0 bridgehead atoms. The molecule has 0 aromatic carbocycles. The van der Waals surface area contributed by atoms with Crippen LogP contribution >= 0.6 is 0 Å². The van der Waals surface area contributed by atoms with Crippen LogP contribution in [0.3, 0.4) is 0 Å². The minimum Gasteiger partial charge on any atom is -0.493 e. The Morgan fingerprint density at radius 1 is 1.56 bits per heavy atom. The molecule has 2 unspecified atom stereocenters. The van der Waals surface area contributed by atoms with Crippen molar-refractivity contribution in [1.82, 2.24) is 0 Å². The molecule has 0 amide bonds. The van der Waals surface area contributed by atoms with Crippen LogP contribution in [-0.4, -0.2) is 37.2 Å². The normalized spacial score (nSPS) is 25.6. The third-order valence-corrected chi connectivity index (χ3v) is 2.38. The van der Waals surface area contributed by atoms with Gasteiger partial charge in [-0.25, -0.2) is 4.79 Å². The van der Waals surface area contributed by atoms with E-state index in [1.807, 2.05) is 0 Å². The second-order valence-corrected chi connectivity index (χ2v) is 3.42. The Bertz CT molecular complexity index is 342. The van der Waals surface area contributed by atoms with Crippen molar-refractivity contribution in [3.8, 4) is 0 Å². The maximum Gasteiger partial charge on any atom is 0.327 e. The molecule has 5 heteroatoms. The minimum absolute atomic E-state index is 0.159. The van der Waals surface area contributed by atoms with E-state index in [1.54, 1.807) is 6.08 Å². The summed E-state index contributed by atoms with van der Waals surface area (Å²) in [6.07, 6.45) is 4.04. The zero-order valence-corrected chi connectivity index (χ0v) is 9.17. The molecule has 0 spiro atoms. The van der Waals surface area contributed by atoms with E-state index in [-0.39, 0.29) is 17.5 Å². The third-order valence-electron chi connectivity index (χ3n) is 2.38. The highest BCUT2D eigenvalue weighted by molar-refractivity contribution is 5.98. The summed E-state index contributed by atoms with van der Waals surface area (Å²) in [4.78, 5) is 22.0. The standard InChI is InChI=1S/C11H14O5/c1-15-8-5-7(3-4-10(12)13)6-9(16-2)11(8)14/h3-5,7,9H,6H2,1-2H3,(H,12,13). The lowest BCUT2D eigenvalue weighted by molar-refractivity contribution is -0.131. The molecule has 88 valence electrons. The second-order valence-electron chi connectivity index (χ2n) is 3.42. The van der Waals surface area contributed by atoms with Gasteiger partial charge >= 0.3 is 5.97 Å². The zero-order chi connectivity index (χ0) is 12.1. The number of ether oxygens (including phenoxy) is 2. The fraction of sp³-hybridized carbons (Fsp3) is 0.455. The summed E-state index contributed by atoms with van der Waals surface area (Å²) in [6.45, 7) is 0. The van der Waals surface area contributed by atoms with Crippen molar-refractivity contribution in [2.24, 2.45) is 5.92 Å². The van der Waals surface area contributed by atoms with Gasteiger partial charge in [0.05, 0.1) is 7.11 Å². The van der Waals surface area contributed by atoms with Crippen LogP contribution in [0.15, 0.2) is 24.0 Å². The molecule has 0 fully saturated rings. The predicted octanol–water partition coefficient (Wildman–Crippen LogP) is 0.762. The molecule has 0 radical (unpaired) electrons. The quantitative estimate of drug-likeness (QED) is 0.716. The van der Waals surface area contributed by atoms with Crippen molar-refractivity contribution in [3.05, 3.63) is 24.0 Å². The Kier molecular flexibility index (Phi) is 4.25. The topological polar surface area (TPSA) is 72.8 Å². The van der Waals surface area contributed by atoms with E-state index in [4.69, 9.17) is 14.6 Å². The number of aliphatic carboxylic acids is 1. The van der Waals surface area contributed by atoms with Gasteiger partial charge in [-0.05, 0) is 12.5 Å². The van der Waals surface area contributed by atoms with E-state index in [0.717, 1.165) is 6.08 Å². The molecule has 0 aromatic heterocycles. The summed E-state index contributed by atoms with van der Waals surface area (Å²) >= 11 is 0. The number of allylic oxidation sites excluding steroid dienone is 2. The summed E-state index contributed by atoms with van der Waals surface area (Å²) < 4.78 is 9.94. The number of Topliss-reactive ketones (excluding diaryl/α,β-unsaturated/α-hetero) is 1. The predicted molar refractivity (Wildman–Crippen MR) is 55.8 cm³/mol. The highest BCUT2D eigenvalue weighted by Crippen LogP contribution is 2.23. The summed E-state index contributed by atoms with van der Waals surface area (Å²) in [5.74, 6) is -1.16. The summed E-state index contributed by atoms with van der Waals surface area (Å²) in [7, 11) is 2.85. The van der Waals surface area contributed by atoms with Crippen LogP contribution in [0.1, 0.15) is 6.42 Å². The van der Waals surface area contributed by atoms with Gasteiger partial charge in [0, 0.05) is 19.1 Å². The zero-order valence-electron chi connectivity index (χ0n) is 9.17. The van der Waals surface area contributed by atoms with Crippen LogP contribution in [0.5, 0.6) is 0 Å². The molecule has 0 aliphatic heterocycles. The maximum absolute atomic E-state index is 11.6. The summed E-state index contributed by atoms with van der Waals surface area (Å²) in [5.41, 5.74) is 0. The molecular formula is C11H14O5. The largest absolute Gasteiger partial charge is 0.493 e. The van der Waals surface area contributed by atoms with Crippen molar-refractivity contribution in [3.63, 3.8) is 0 Å². The molecular weight excluding hydrogens is 212 g/mol. The second kappa shape index (κ2) is 5.46. The highest BCUT2D eigenvalue weighted by atomic mass is 16.5. The van der Waals surface area contributed by atoms with Crippen molar-refractivity contribution in [2.45, 2.75) is 12.5 Å². The number of carboxylic acid groups (broad SMARTS) is 1. The average molecular weight is 226 g/mol. The van der Waals surface area contributed by atoms with Crippen LogP contribution in [0.25, 0.3) is 0 Å². The van der Waals surface area contributed by atoms with Gasteiger partial charge in [-0.15, -0.1) is 0 Å². The third kappa shape index (κ3) is 2.93. The summed E-state index contributed by atoms with van der Waals surface area (Å²) in [6, 6.07) is 0. The van der Waals surface area contributed by atoms with Gasteiger partial charge < -0.3 is 14.6 Å². The van der Waals surface area contributed by atoms with Crippen LogP contribution in [-0.2, 0) is 19.1 Å². The van der Waals surface area contributed by atoms with Gasteiger partial charge in [-0.3, -0.25) is 4.79 Å². The number of rotatable bonds is 4. The number of carbonyl (C=O) groups excluding carboxylic acids is 1. The fourth-order valence-electron chi connectivity index (χ4n) is 1.57. The minimum atomic E-state index is -1.02. The lowest BCUT2D eigenvalue weighted by atomic mass is 9.91. The Hall–Kier alpha value is -1.62. The van der Waals surface area contributed by atoms with E-state index in [2.05, 4.69) is 0 Å². The Morgan fingerprint density at radius 2 is 2.25 bits per heavy atom. The lowest BCUT2D eigenvalue weighted by Crippen LogP contribution is -2.31. The highest BCUT2D eigenvalue weighted by Gasteiger charge is 2.30. The number of carbonyl (C=O) groups is 2. The van der Waals surface area contributed by atoms with Crippen molar-refractivity contribution in [1.29, 1.82) is 0 Å². The SMILES string of the molecule is COC1=CC(C=CC(=O)O)CC(OC)C1=O. The molecule has 5 nitrogen and oxygen atoms in total. The van der Waals surface area contributed by atoms with Crippen molar-refractivity contribution >= 4 is 11.8 Å². The first-order valence-electron chi connectivity index (χ1n) is 4.82. The fourth-order valence-corrected chi connectivity index (χ4v) is 1.57. The van der Waals surface area contributed by atoms with Crippen LogP contribution in [0.2, 0.25) is 0 Å². The Morgan fingerprint density at radius 3 is 2.75 bits per heavy atom. The number of hydrogen-bond donors (Lipinski definition) is 1. The molecule has 1 aliphatic rings. The van der Waals surface area contributed by atoms with Crippen molar-refractivity contribution in [2.75, 3.05) is 14.2 Å². The van der Waals surface area contributed by atoms with Gasteiger partial charge in [0.2, 0.25) is 5.78 Å². The van der Waals surface area contributed by atoms with E-state index >= 15 is 0 Å². The van der Waals surface area contributed by atoms with Crippen LogP contribution in [0, 0.1) is 5.92 Å². The molecule has 0 saturated carbocycles. The molecule has 1 aliphatic carbocycles. The van der Waals surface area contributed by atoms with Gasteiger partial charge in [0.1, 0.15) is 6.10 Å². The first-order chi connectivity index (χ1) is 7.58. The number of hydrogen-bond acceptors (Lipinski definition) is 4. The van der Waals surface area contributed by atoms with Crippen LogP contribution < -0.4 is 0 Å². The van der Waals surface area contributed by atoms with Crippen molar-refractivity contribution < 1.29 is 24.2 Å². The van der Waals surface area contributed by atoms with Gasteiger partial charge in [-0.1, -0.05) is 6.08 Å². The number of ketones is 1. The molecule has 0 saturated heterocycles. The Balaban J connectivity index is 2.84. The lowest BCUT2D eigenvalue weighted by Gasteiger charge is -2.23. The molecule has 16 heavy (non-hydrogen) atoms. The smallest absolute Gasteiger partial charge is 0.327 e. The average Bonchev–Trinajstić information content (AvgIpc) is 2.27. The molecule has 0 aromatic rings. The maximum atomic E-state index is 11.6. The molecule has 1 N–H and O–H groups in total. The Labute approximate surface area is 93.3 Å². The van der Waals surface area contributed by atoms with E-state index in [1.165, 1.54) is 20.3 Å². The van der Waals surface area contributed by atoms with Gasteiger partial charge in [0.15, 0.2) is 5.76 Å².